The van der Waals surface area contributed by atoms with Crippen molar-refractivity contribution < 1.29 is 18.0 Å². The molecule has 33 heavy (non-hydrogen) atoms. The Balaban J connectivity index is 1.88. The molecule has 0 aliphatic carbocycles. The van der Waals surface area contributed by atoms with Crippen LogP contribution in [0.4, 0.5) is 11.4 Å². The van der Waals surface area contributed by atoms with Crippen LogP contribution in [0.2, 0.25) is 5.02 Å². The minimum atomic E-state index is -3.77. The molecule has 1 aliphatic rings. The third-order valence-electron chi connectivity index (χ3n) is 5.72. The van der Waals surface area contributed by atoms with E-state index in [1.54, 1.807) is 55.5 Å². The summed E-state index contributed by atoms with van der Waals surface area (Å²) in [6.07, 6.45) is 5.43. The van der Waals surface area contributed by atoms with Gasteiger partial charge in [0.1, 0.15) is 6.04 Å². The van der Waals surface area contributed by atoms with Crippen LogP contribution >= 0.6 is 11.6 Å². The molecule has 7 nitrogen and oxygen atoms in total. The topological polar surface area (TPSA) is 86.8 Å². The fourth-order valence-electron chi connectivity index (χ4n) is 4.09. The van der Waals surface area contributed by atoms with Gasteiger partial charge in [0.05, 0.1) is 23.2 Å². The minimum Gasteiger partial charge on any atom is -0.339 e. The fraction of sp³-hybridized carbons (Fsp3) is 0.417. The molecular formula is C24H30ClN3O4S. The van der Waals surface area contributed by atoms with Crippen LogP contribution in [0.15, 0.2) is 48.5 Å². The Morgan fingerprint density at radius 1 is 1.03 bits per heavy atom. The van der Waals surface area contributed by atoms with Crippen molar-refractivity contribution in [2.45, 2.75) is 45.1 Å². The molecule has 0 aromatic heterocycles. The molecule has 0 saturated carbocycles. The normalized spacial score (nSPS) is 15.4. The predicted molar refractivity (Wildman–Crippen MR) is 132 cm³/mol. The van der Waals surface area contributed by atoms with Gasteiger partial charge < -0.3 is 10.2 Å². The second-order valence-electron chi connectivity index (χ2n) is 8.20. The fourth-order valence-corrected chi connectivity index (χ4v) is 5.42. The lowest BCUT2D eigenvalue weighted by Gasteiger charge is -2.30. The molecule has 0 spiro atoms. The van der Waals surface area contributed by atoms with E-state index >= 15 is 0 Å². The number of benzene rings is 2. The van der Waals surface area contributed by atoms with Crippen LogP contribution in [0.3, 0.4) is 0 Å². The number of nitrogens with zero attached hydrogens (tertiary/aromatic N) is 2. The SMILES string of the molecule is CC[C@H](C(=O)Nc1ccccc1C(=O)N1CCCCCC1)N(c1ccc(Cl)cc1)S(C)(=O)=O. The number of anilines is 2. The minimum absolute atomic E-state index is 0.126. The third kappa shape index (κ3) is 6.26. The van der Waals surface area contributed by atoms with E-state index in [-0.39, 0.29) is 12.3 Å². The summed E-state index contributed by atoms with van der Waals surface area (Å²) in [5.74, 6) is -0.632. The molecule has 2 aromatic rings. The van der Waals surface area contributed by atoms with Crippen molar-refractivity contribution in [3.8, 4) is 0 Å². The number of nitrogens with one attached hydrogen (secondary N) is 1. The van der Waals surface area contributed by atoms with Crippen LogP contribution in [0.5, 0.6) is 0 Å². The van der Waals surface area contributed by atoms with E-state index in [0.29, 0.717) is 35.1 Å². The number of amides is 2. The van der Waals surface area contributed by atoms with Crippen LogP contribution < -0.4 is 9.62 Å². The zero-order valence-electron chi connectivity index (χ0n) is 19.0. The van der Waals surface area contributed by atoms with Gasteiger partial charge in [-0.25, -0.2) is 8.42 Å². The van der Waals surface area contributed by atoms with E-state index in [4.69, 9.17) is 11.6 Å². The molecule has 9 heteroatoms. The molecule has 3 rings (SSSR count). The molecule has 178 valence electrons. The third-order valence-corrected chi connectivity index (χ3v) is 7.15. The Morgan fingerprint density at radius 3 is 2.21 bits per heavy atom. The van der Waals surface area contributed by atoms with Crippen molar-refractivity contribution >= 4 is 44.8 Å². The summed E-state index contributed by atoms with van der Waals surface area (Å²) in [6.45, 7) is 3.13. The van der Waals surface area contributed by atoms with E-state index in [2.05, 4.69) is 5.32 Å². The lowest BCUT2D eigenvalue weighted by atomic mass is 10.1. The highest BCUT2D eigenvalue weighted by Crippen LogP contribution is 2.26. The first kappa shape index (κ1) is 25.1. The average Bonchev–Trinajstić information content (AvgIpc) is 3.07. The molecule has 1 saturated heterocycles. The van der Waals surface area contributed by atoms with Gasteiger partial charge in [0, 0.05) is 18.1 Å². The van der Waals surface area contributed by atoms with Gasteiger partial charge in [-0.05, 0) is 55.7 Å². The average molecular weight is 492 g/mol. The van der Waals surface area contributed by atoms with E-state index in [0.717, 1.165) is 36.2 Å². The van der Waals surface area contributed by atoms with Crippen molar-refractivity contribution in [3.63, 3.8) is 0 Å². The molecule has 2 amide bonds. The largest absolute Gasteiger partial charge is 0.339 e. The summed E-state index contributed by atoms with van der Waals surface area (Å²) in [7, 11) is -3.77. The number of hydrogen-bond acceptors (Lipinski definition) is 4. The van der Waals surface area contributed by atoms with Gasteiger partial charge in [0.15, 0.2) is 0 Å². The van der Waals surface area contributed by atoms with Crippen LogP contribution in [-0.4, -0.2) is 50.5 Å². The number of rotatable bonds is 7. The first-order valence-corrected chi connectivity index (χ1v) is 13.4. The van der Waals surface area contributed by atoms with E-state index < -0.39 is 22.0 Å². The monoisotopic (exact) mass is 491 g/mol. The van der Waals surface area contributed by atoms with Gasteiger partial charge in [0.2, 0.25) is 15.9 Å². The van der Waals surface area contributed by atoms with Gasteiger partial charge in [-0.3, -0.25) is 13.9 Å². The van der Waals surface area contributed by atoms with Crippen molar-refractivity contribution in [1.82, 2.24) is 4.90 Å². The van der Waals surface area contributed by atoms with Crippen molar-refractivity contribution in [1.29, 1.82) is 0 Å². The molecule has 1 fully saturated rings. The molecular weight excluding hydrogens is 462 g/mol. The van der Waals surface area contributed by atoms with Gasteiger partial charge in [0.25, 0.3) is 5.91 Å². The Bertz CT molecular complexity index is 1080. The summed E-state index contributed by atoms with van der Waals surface area (Å²) < 4.78 is 26.4. The van der Waals surface area contributed by atoms with E-state index in [1.165, 1.54) is 0 Å². The zero-order chi connectivity index (χ0) is 24.0. The van der Waals surface area contributed by atoms with Crippen LogP contribution in [-0.2, 0) is 14.8 Å². The van der Waals surface area contributed by atoms with Gasteiger partial charge in [-0.15, -0.1) is 0 Å². The number of sulfonamides is 1. The number of likely N-dealkylation sites (tertiary alicyclic amines) is 1. The smallest absolute Gasteiger partial charge is 0.255 e. The summed E-state index contributed by atoms with van der Waals surface area (Å²) in [5.41, 5.74) is 1.12. The van der Waals surface area contributed by atoms with E-state index in [9.17, 15) is 18.0 Å². The molecule has 1 heterocycles. The van der Waals surface area contributed by atoms with Crippen LogP contribution in [0, 0.1) is 0 Å². The van der Waals surface area contributed by atoms with Crippen LogP contribution in [0.25, 0.3) is 0 Å². The van der Waals surface area contributed by atoms with Crippen LogP contribution in [0.1, 0.15) is 49.4 Å². The molecule has 0 radical (unpaired) electrons. The van der Waals surface area contributed by atoms with Crippen molar-refractivity contribution in [2.24, 2.45) is 0 Å². The molecule has 0 unspecified atom stereocenters. The first-order valence-electron chi connectivity index (χ1n) is 11.2. The highest BCUT2D eigenvalue weighted by Gasteiger charge is 2.32. The van der Waals surface area contributed by atoms with Gasteiger partial charge >= 0.3 is 0 Å². The summed E-state index contributed by atoms with van der Waals surface area (Å²) in [6, 6.07) is 12.1. The Kier molecular flexibility index (Phi) is 8.37. The first-order chi connectivity index (χ1) is 15.7. The summed E-state index contributed by atoms with van der Waals surface area (Å²) >= 11 is 5.95. The second kappa shape index (κ2) is 11.0. The lowest BCUT2D eigenvalue weighted by molar-refractivity contribution is -0.117. The highest BCUT2D eigenvalue weighted by molar-refractivity contribution is 7.92. The van der Waals surface area contributed by atoms with Gasteiger partial charge in [-0.1, -0.05) is 43.5 Å². The van der Waals surface area contributed by atoms with Crippen molar-refractivity contribution in [2.75, 3.05) is 29.0 Å². The maximum atomic E-state index is 13.3. The molecule has 2 aromatic carbocycles. The zero-order valence-corrected chi connectivity index (χ0v) is 20.5. The Labute approximate surface area is 200 Å². The summed E-state index contributed by atoms with van der Waals surface area (Å²) in [5, 5.41) is 3.28. The Hall–Kier alpha value is -2.58. The standard InChI is InChI=1S/C24H30ClN3O4S/c1-3-22(28(33(2,31)32)19-14-12-18(25)13-15-19)23(29)26-21-11-7-6-10-20(21)24(30)27-16-8-4-5-9-17-27/h6-7,10-15,22H,3-5,8-9,16-17H2,1-2H3,(H,26,29)/t22-/m1/s1. The number of hydrogen-bond donors (Lipinski definition) is 1. The highest BCUT2D eigenvalue weighted by atomic mass is 35.5. The number of carbonyl (C=O) groups is 2. The molecule has 1 N–H and O–H groups in total. The quantitative estimate of drug-likeness (QED) is 0.616. The number of para-hydroxylation sites is 1. The lowest BCUT2D eigenvalue weighted by Crippen LogP contribution is -2.47. The van der Waals surface area contributed by atoms with Crippen molar-refractivity contribution in [3.05, 3.63) is 59.1 Å². The van der Waals surface area contributed by atoms with Gasteiger partial charge in [-0.2, -0.15) is 0 Å². The number of halogens is 1. The maximum Gasteiger partial charge on any atom is 0.255 e. The molecule has 1 atom stereocenters. The second-order valence-corrected chi connectivity index (χ2v) is 10.5. The maximum absolute atomic E-state index is 13.3. The summed E-state index contributed by atoms with van der Waals surface area (Å²) in [4.78, 5) is 28.3. The molecule has 1 aliphatic heterocycles. The molecule has 0 bridgehead atoms. The number of carbonyl (C=O) groups excluding carboxylic acids is 2. The van der Waals surface area contributed by atoms with E-state index in [1.807, 2.05) is 4.90 Å². The Morgan fingerprint density at radius 2 is 1.64 bits per heavy atom. The predicted octanol–water partition coefficient (Wildman–Crippen LogP) is 4.54.